The molecule has 0 bridgehead atoms. The van der Waals surface area contributed by atoms with Gasteiger partial charge < -0.3 is 5.11 Å². The molecule has 7 atom stereocenters. The molecule has 4 saturated carbocycles. The molecule has 0 amide bonds. The Morgan fingerprint density at radius 2 is 1.87 bits per heavy atom. The first-order chi connectivity index (χ1) is 11.0. The van der Waals surface area contributed by atoms with Crippen molar-refractivity contribution >= 4 is 0 Å². The zero-order valence-electron chi connectivity index (χ0n) is 14.9. The summed E-state index contributed by atoms with van der Waals surface area (Å²) in [6.07, 6.45) is 19.1. The summed E-state index contributed by atoms with van der Waals surface area (Å²) in [5.74, 6) is 6.96. The molecule has 23 heavy (non-hydrogen) atoms. The highest BCUT2D eigenvalue weighted by molar-refractivity contribution is 5.23. The highest BCUT2D eigenvalue weighted by Crippen LogP contribution is 2.64. The molecule has 0 unspecified atom stereocenters. The van der Waals surface area contributed by atoms with Crippen molar-refractivity contribution in [2.24, 2.45) is 35.0 Å². The van der Waals surface area contributed by atoms with Gasteiger partial charge >= 0.3 is 0 Å². The van der Waals surface area contributed by atoms with Gasteiger partial charge in [-0.2, -0.15) is 0 Å². The molecule has 1 N–H and O–H groups in total. The number of rotatable bonds is 0. The minimum absolute atomic E-state index is 0.497. The van der Waals surface area contributed by atoms with E-state index in [9.17, 15) is 5.11 Å². The normalized spacial score (nSPS) is 54.0. The van der Waals surface area contributed by atoms with Gasteiger partial charge in [-0.15, -0.1) is 6.42 Å². The van der Waals surface area contributed by atoms with Crippen molar-refractivity contribution in [2.45, 2.75) is 77.2 Å². The van der Waals surface area contributed by atoms with Gasteiger partial charge in [-0.05, 0) is 99.7 Å². The van der Waals surface area contributed by atoms with E-state index in [0.717, 1.165) is 42.9 Å². The third-order valence-corrected chi connectivity index (χ3v) is 8.47. The monoisotopic (exact) mass is 312 g/mol. The Morgan fingerprint density at radius 1 is 1.09 bits per heavy atom. The molecule has 0 aromatic carbocycles. The standard InChI is InChI=1S/C22H32O/c1-4-16-7-9-20-19-8-6-15-14-22(23,5-2)13-11-17(15)18(19)10-12-21(16,20)3/h2,4,15,17-20,23H,6-14H2,1,3H3/b16-4-/t15-,17+,18-,19-,20+,21-,22-/m1/s1. The van der Waals surface area contributed by atoms with Crippen LogP contribution < -0.4 is 0 Å². The minimum Gasteiger partial charge on any atom is -0.378 e. The molecule has 0 heterocycles. The highest BCUT2D eigenvalue weighted by Gasteiger charge is 2.55. The van der Waals surface area contributed by atoms with E-state index in [0.29, 0.717) is 11.3 Å². The van der Waals surface area contributed by atoms with E-state index < -0.39 is 5.60 Å². The number of terminal acetylenes is 1. The maximum atomic E-state index is 10.5. The Hall–Kier alpha value is -0.740. The molecular weight excluding hydrogens is 280 g/mol. The molecule has 1 nitrogen and oxygen atoms in total. The van der Waals surface area contributed by atoms with Gasteiger partial charge in [0, 0.05) is 0 Å². The maximum absolute atomic E-state index is 10.5. The first-order valence-electron chi connectivity index (χ1n) is 9.86. The van der Waals surface area contributed by atoms with Crippen LogP contribution in [0, 0.1) is 47.3 Å². The molecule has 4 aliphatic carbocycles. The smallest absolute Gasteiger partial charge is 0.125 e. The minimum atomic E-state index is -0.803. The first-order valence-corrected chi connectivity index (χ1v) is 9.86. The fourth-order valence-corrected chi connectivity index (χ4v) is 7.33. The lowest BCUT2D eigenvalue weighted by Gasteiger charge is -2.56. The van der Waals surface area contributed by atoms with Gasteiger partial charge in [-0.3, -0.25) is 0 Å². The molecule has 4 fully saturated rings. The van der Waals surface area contributed by atoms with E-state index in [2.05, 4.69) is 25.8 Å². The Bertz CT molecular complexity index is 555. The second-order valence-corrected chi connectivity index (χ2v) is 9.16. The zero-order valence-corrected chi connectivity index (χ0v) is 14.9. The van der Waals surface area contributed by atoms with E-state index in [1.165, 1.54) is 38.5 Å². The number of hydrogen-bond donors (Lipinski definition) is 1. The van der Waals surface area contributed by atoms with Crippen molar-refractivity contribution in [3.05, 3.63) is 11.6 Å². The van der Waals surface area contributed by atoms with Crippen molar-refractivity contribution in [1.29, 1.82) is 0 Å². The molecule has 1 heteroatoms. The third-order valence-electron chi connectivity index (χ3n) is 8.47. The maximum Gasteiger partial charge on any atom is 0.125 e. The summed E-state index contributed by atoms with van der Waals surface area (Å²) < 4.78 is 0. The fourth-order valence-electron chi connectivity index (χ4n) is 7.33. The molecule has 126 valence electrons. The predicted octanol–water partition coefficient (Wildman–Crippen LogP) is 4.95. The average molecular weight is 312 g/mol. The van der Waals surface area contributed by atoms with Crippen LogP contribution in [0.25, 0.3) is 0 Å². The second-order valence-electron chi connectivity index (χ2n) is 9.16. The van der Waals surface area contributed by atoms with Crippen molar-refractivity contribution in [1.82, 2.24) is 0 Å². The van der Waals surface area contributed by atoms with Crippen LogP contribution in [-0.2, 0) is 0 Å². The van der Waals surface area contributed by atoms with Gasteiger partial charge in [0.05, 0.1) is 0 Å². The van der Waals surface area contributed by atoms with Gasteiger partial charge in [0.25, 0.3) is 0 Å². The van der Waals surface area contributed by atoms with Crippen LogP contribution in [-0.4, -0.2) is 10.7 Å². The van der Waals surface area contributed by atoms with Crippen molar-refractivity contribution in [3.63, 3.8) is 0 Å². The van der Waals surface area contributed by atoms with Gasteiger partial charge in [0.15, 0.2) is 0 Å². The van der Waals surface area contributed by atoms with Crippen molar-refractivity contribution in [3.8, 4) is 12.3 Å². The Balaban J connectivity index is 1.56. The molecule has 0 aromatic rings. The second kappa shape index (κ2) is 5.38. The van der Waals surface area contributed by atoms with E-state index >= 15 is 0 Å². The highest BCUT2D eigenvalue weighted by atomic mass is 16.3. The summed E-state index contributed by atoms with van der Waals surface area (Å²) >= 11 is 0. The number of allylic oxidation sites excluding steroid dienone is 2. The lowest BCUT2D eigenvalue weighted by atomic mass is 9.49. The predicted molar refractivity (Wildman–Crippen MR) is 94.6 cm³/mol. The van der Waals surface area contributed by atoms with Crippen LogP contribution in [0.2, 0.25) is 0 Å². The van der Waals surface area contributed by atoms with Gasteiger partial charge in [-0.1, -0.05) is 24.5 Å². The fraction of sp³-hybridized carbons (Fsp3) is 0.818. The molecular formula is C22H32O. The van der Waals surface area contributed by atoms with Crippen LogP contribution >= 0.6 is 0 Å². The summed E-state index contributed by atoms with van der Waals surface area (Å²) in [5, 5.41) is 10.5. The molecule has 4 rings (SSSR count). The summed E-state index contributed by atoms with van der Waals surface area (Å²) in [6.45, 7) is 4.80. The Kier molecular flexibility index (Phi) is 3.69. The largest absolute Gasteiger partial charge is 0.378 e. The van der Waals surface area contributed by atoms with Gasteiger partial charge in [0.2, 0.25) is 0 Å². The van der Waals surface area contributed by atoms with Crippen molar-refractivity contribution < 1.29 is 5.11 Å². The summed E-state index contributed by atoms with van der Waals surface area (Å²) in [5.41, 5.74) is 1.44. The summed E-state index contributed by atoms with van der Waals surface area (Å²) in [7, 11) is 0. The summed E-state index contributed by atoms with van der Waals surface area (Å²) in [6, 6.07) is 0. The van der Waals surface area contributed by atoms with E-state index in [-0.39, 0.29) is 0 Å². The van der Waals surface area contributed by atoms with E-state index in [4.69, 9.17) is 6.42 Å². The van der Waals surface area contributed by atoms with Gasteiger partial charge in [-0.25, -0.2) is 0 Å². The topological polar surface area (TPSA) is 20.2 Å². The quantitative estimate of drug-likeness (QED) is 0.495. The Labute approximate surface area is 141 Å². The average Bonchev–Trinajstić information content (AvgIpc) is 2.90. The molecule has 0 aromatic heterocycles. The van der Waals surface area contributed by atoms with Crippen LogP contribution in [0.5, 0.6) is 0 Å². The SMILES string of the molecule is C#C[C@@]1(O)CC[C@H]2[C@H](CC[C@@H]3[C@@H]2CC[C@]2(C)/C(=C\C)CC[C@@H]32)C1. The number of aliphatic hydroxyl groups is 1. The van der Waals surface area contributed by atoms with E-state index in [1.807, 2.05) is 0 Å². The van der Waals surface area contributed by atoms with Crippen LogP contribution in [0.3, 0.4) is 0 Å². The lowest BCUT2D eigenvalue weighted by molar-refractivity contribution is -0.0773. The molecule has 0 aliphatic heterocycles. The van der Waals surface area contributed by atoms with Crippen LogP contribution in [0.15, 0.2) is 11.6 Å². The first kappa shape index (κ1) is 15.8. The van der Waals surface area contributed by atoms with Crippen LogP contribution in [0.4, 0.5) is 0 Å². The van der Waals surface area contributed by atoms with Crippen LogP contribution in [0.1, 0.15) is 71.6 Å². The molecule has 0 spiro atoms. The van der Waals surface area contributed by atoms with E-state index in [1.54, 1.807) is 5.57 Å². The third kappa shape index (κ3) is 2.25. The van der Waals surface area contributed by atoms with Crippen molar-refractivity contribution in [2.75, 3.05) is 0 Å². The Morgan fingerprint density at radius 3 is 2.61 bits per heavy atom. The zero-order chi connectivity index (χ0) is 16.2. The summed E-state index contributed by atoms with van der Waals surface area (Å²) in [4.78, 5) is 0. The number of fused-ring (bicyclic) bond motifs is 5. The van der Waals surface area contributed by atoms with Gasteiger partial charge in [0.1, 0.15) is 5.60 Å². The molecule has 0 radical (unpaired) electrons. The number of hydrogen-bond acceptors (Lipinski definition) is 1. The molecule has 4 aliphatic rings. The molecule has 0 saturated heterocycles. The lowest BCUT2D eigenvalue weighted by Crippen LogP contribution is -2.50.